The molecule has 0 saturated carbocycles. The zero-order valence-corrected chi connectivity index (χ0v) is 14.9. The molecule has 1 fully saturated rings. The van der Waals surface area contributed by atoms with Crippen LogP contribution in [0, 0.1) is 15.9 Å². The van der Waals surface area contributed by atoms with Crippen LogP contribution in [0.25, 0.3) is 6.08 Å². The van der Waals surface area contributed by atoms with Gasteiger partial charge in [0.25, 0.3) is 16.8 Å². The number of hydrogen-bond donors (Lipinski definition) is 0. The zero-order valence-electron chi connectivity index (χ0n) is 14.1. The van der Waals surface area contributed by atoms with Gasteiger partial charge in [0.05, 0.1) is 28.0 Å². The number of thioether (sulfide) groups is 1. The highest BCUT2D eigenvalue weighted by atomic mass is 32.2. The summed E-state index contributed by atoms with van der Waals surface area (Å²) in [6, 6.07) is 8.41. The van der Waals surface area contributed by atoms with Crippen molar-refractivity contribution in [2.45, 2.75) is 6.54 Å². The van der Waals surface area contributed by atoms with Crippen LogP contribution in [0.1, 0.15) is 11.1 Å². The highest BCUT2D eigenvalue weighted by molar-refractivity contribution is 8.18. The van der Waals surface area contributed by atoms with Crippen LogP contribution >= 0.6 is 11.8 Å². The Morgan fingerprint density at radius 1 is 1.21 bits per heavy atom. The lowest BCUT2D eigenvalue weighted by atomic mass is 10.1. The number of amides is 2. The summed E-state index contributed by atoms with van der Waals surface area (Å²) in [4.78, 5) is 36.5. The van der Waals surface area contributed by atoms with Gasteiger partial charge in [0.1, 0.15) is 5.82 Å². The van der Waals surface area contributed by atoms with E-state index < -0.39 is 21.9 Å². The molecule has 2 heterocycles. The highest BCUT2D eigenvalue weighted by Crippen LogP contribution is 2.41. The van der Waals surface area contributed by atoms with Crippen molar-refractivity contribution in [3.05, 3.63) is 68.4 Å². The van der Waals surface area contributed by atoms with E-state index in [1.165, 1.54) is 36.4 Å². The maximum Gasteiger partial charge on any atom is 0.293 e. The third-order valence-electron chi connectivity index (χ3n) is 4.17. The molecule has 2 aromatic rings. The Labute approximate surface area is 161 Å². The molecule has 0 radical (unpaired) electrons. The van der Waals surface area contributed by atoms with Crippen molar-refractivity contribution in [2.75, 3.05) is 6.79 Å². The fourth-order valence-electron chi connectivity index (χ4n) is 2.80. The van der Waals surface area contributed by atoms with Crippen molar-refractivity contribution in [2.24, 2.45) is 0 Å². The minimum absolute atomic E-state index is 0.00306. The van der Waals surface area contributed by atoms with Gasteiger partial charge in [0.2, 0.25) is 6.79 Å². The zero-order chi connectivity index (χ0) is 19.8. The molecule has 28 heavy (non-hydrogen) atoms. The third-order valence-corrected chi connectivity index (χ3v) is 5.07. The van der Waals surface area contributed by atoms with E-state index in [2.05, 4.69) is 0 Å². The number of imide groups is 1. The number of nitro groups is 1. The molecule has 0 aromatic heterocycles. The average Bonchev–Trinajstić information content (AvgIpc) is 3.22. The Morgan fingerprint density at radius 3 is 2.64 bits per heavy atom. The van der Waals surface area contributed by atoms with Crippen LogP contribution < -0.4 is 9.47 Å². The summed E-state index contributed by atoms with van der Waals surface area (Å²) in [5, 5.41) is 10.8. The molecule has 0 spiro atoms. The first kappa shape index (κ1) is 18.0. The van der Waals surface area contributed by atoms with Crippen molar-refractivity contribution in [1.29, 1.82) is 0 Å². The molecular formula is C18H11FN2O6S. The van der Waals surface area contributed by atoms with Crippen LogP contribution in [0.5, 0.6) is 11.5 Å². The van der Waals surface area contributed by atoms with E-state index in [9.17, 15) is 24.1 Å². The van der Waals surface area contributed by atoms with Gasteiger partial charge < -0.3 is 9.47 Å². The van der Waals surface area contributed by atoms with Gasteiger partial charge in [-0.3, -0.25) is 24.6 Å². The second-order valence-electron chi connectivity index (χ2n) is 5.88. The standard InChI is InChI=1S/C18H11FN2O6S/c19-12-4-2-1-3-10(12)8-20-17(22)16(28-18(20)23)6-11-5-14-15(27-9-26-14)7-13(11)21(24)25/h1-7H,8-9H2/b16-6-. The number of carbonyl (C=O) groups is 2. The fourth-order valence-corrected chi connectivity index (χ4v) is 3.62. The minimum atomic E-state index is -0.648. The lowest BCUT2D eigenvalue weighted by molar-refractivity contribution is -0.385. The Kier molecular flexibility index (Phi) is 4.47. The van der Waals surface area contributed by atoms with E-state index in [0.29, 0.717) is 17.5 Å². The summed E-state index contributed by atoms with van der Waals surface area (Å²) in [5.74, 6) is -0.638. The third kappa shape index (κ3) is 3.18. The summed E-state index contributed by atoms with van der Waals surface area (Å²) in [7, 11) is 0. The van der Waals surface area contributed by atoms with Gasteiger partial charge in [0, 0.05) is 5.56 Å². The predicted octanol–water partition coefficient (Wildman–Crippen LogP) is 3.70. The van der Waals surface area contributed by atoms with Crippen LogP contribution in [0.3, 0.4) is 0 Å². The van der Waals surface area contributed by atoms with Crippen molar-refractivity contribution >= 4 is 34.7 Å². The second kappa shape index (κ2) is 6.97. The van der Waals surface area contributed by atoms with Gasteiger partial charge >= 0.3 is 0 Å². The average molecular weight is 402 g/mol. The molecule has 8 nitrogen and oxygen atoms in total. The van der Waals surface area contributed by atoms with E-state index in [4.69, 9.17) is 9.47 Å². The molecule has 2 amide bonds. The Balaban J connectivity index is 1.66. The normalized spacial score (nSPS) is 16.9. The maximum atomic E-state index is 13.8. The number of nitro benzene ring substituents is 1. The molecule has 1 saturated heterocycles. The quantitative estimate of drug-likeness (QED) is 0.437. The number of ether oxygens (including phenoxy) is 2. The molecule has 142 valence electrons. The first-order chi connectivity index (χ1) is 13.4. The van der Waals surface area contributed by atoms with E-state index in [1.807, 2.05) is 0 Å². The van der Waals surface area contributed by atoms with Crippen molar-refractivity contribution < 1.29 is 28.4 Å². The summed E-state index contributed by atoms with van der Waals surface area (Å²) in [5.41, 5.74) is 0.0101. The van der Waals surface area contributed by atoms with Gasteiger partial charge in [-0.2, -0.15) is 0 Å². The van der Waals surface area contributed by atoms with E-state index >= 15 is 0 Å². The van der Waals surface area contributed by atoms with Crippen molar-refractivity contribution in [3.63, 3.8) is 0 Å². The molecule has 2 aliphatic heterocycles. The van der Waals surface area contributed by atoms with Crippen LogP contribution in [0.15, 0.2) is 41.3 Å². The fraction of sp³-hybridized carbons (Fsp3) is 0.111. The first-order valence-electron chi connectivity index (χ1n) is 8.01. The number of carbonyl (C=O) groups excluding carboxylic acids is 2. The monoisotopic (exact) mass is 402 g/mol. The highest BCUT2D eigenvalue weighted by Gasteiger charge is 2.36. The molecule has 0 N–H and O–H groups in total. The summed E-state index contributed by atoms with van der Waals surface area (Å²) in [6.07, 6.45) is 1.26. The molecular weight excluding hydrogens is 391 g/mol. The van der Waals surface area contributed by atoms with Gasteiger partial charge in [-0.1, -0.05) is 18.2 Å². The number of nitrogens with zero attached hydrogens (tertiary/aromatic N) is 2. The molecule has 0 unspecified atom stereocenters. The smallest absolute Gasteiger partial charge is 0.293 e. The summed E-state index contributed by atoms with van der Waals surface area (Å²) in [6.45, 7) is -0.285. The van der Waals surface area contributed by atoms with E-state index in [0.717, 1.165) is 4.90 Å². The molecule has 2 aromatic carbocycles. The lowest BCUT2D eigenvalue weighted by Gasteiger charge is -2.12. The van der Waals surface area contributed by atoms with Crippen LogP contribution in [-0.4, -0.2) is 27.8 Å². The number of benzene rings is 2. The van der Waals surface area contributed by atoms with Crippen LogP contribution in [-0.2, 0) is 11.3 Å². The van der Waals surface area contributed by atoms with Crippen LogP contribution in [0.2, 0.25) is 0 Å². The maximum absolute atomic E-state index is 13.8. The second-order valence-corrected chi connectivity index (χ2v) is 6.87. The Morgan fingerprint density at radius 2 is 1.93 bits per heavy atom. The number of hydrogen-bond acceptors (Lipinski definition) is 7. The SMILES string of the molecule is O=C1S/C(=C\c2cc3c(cc2[N+](=O)[O-])OCO3)C(=O)N1Cc1ccccc1F. The number of fused-ring (bicyclic) bond motifs is 1. The van der Waals surface area contributed by atoms with Gasteiger partial charge in [-0.15, -0.1) is 0 Å². The Bertz CT molecular complexity index is 1050. The number of halogens is 1. The largest absolute Gasteiger partial charge is 0.454 e. The van der Waals surface area contributed by atoms with E-state index in [1.54, 1.807) is 6.07 Å². The molecule has 10 heteroatoms. The molecule has 4 rings (SSSR count). The molecule has 0 bridgehead atoms. The molecule has 0 atom stereocenters. The molecule has 2 aliphatic rings. The first-order valence-corrected chi connectivity index (χ1v) is 8.82. The lowest BCUT2D eigenvalue weighted by Crippen LogP contribution is -2.27. The topological polar surface area (TPSA) is 99.0 Å². The summed E-state index contributed by atoms with van der Waals surface area (Å²) < 4.78 is 24.2. The number of rotatable bonds is 4. The summed E-state index contributed by atoms with van der Waals surface area (Å²) >= 11 is 0.637. The molecule has 0 aliphatic carbocycles. The van der Waals surface area contributed by atoms with Crippen molar-refractivity contribution in [1.82, 2.24) is 4.90 Å². The van der Waals surface area contributed by atoms with E-state index in [-0.39, 0.29) is 40.8 Å². The van der Waals surface area contributed by atoms with Gasteiger partial charge in [-0.05, 0) is 30.0 Å². The van der Waals surface area contributed by atoms with Gasteiger partial charge in [-0.25, -0.2) is 4.39 Å². The predicted molar refractivity (Wildman–Crippen MR) is 97.1 cm³/mol. The Hall–Kier alpha value is -3.40. The van der Waals surface area contributed by atoms with Crippen LogP contribution in [0.4, 0.5) is 14.9 Å². The minimum Gasteiger partial charge on any atom is -0.454 e. The van der Waals surface area contributed by atoms with Gasteiger partial charge in [0.15, 0.2) is 11.5 Å². The van der Waals surface area contributed by atoms with Crippen molar-refractivity contribution in [3.8, 4) is 11.5 Å².